The lowest BCUT2D eigenvalue weighted by Gasteiger charge is -2.10. The Morgan fingerprint density at radius 3 is 2.89 bits per heavy atom. The Morgan fingerprint density at radius 2 is 2.16 bits per heavy atom. The Kier molecular flexibility index (Phi) is 4.53. The van der Waals surface area contributed by atoms with Crippen molar-refractivity contribution in [3.05, 3.63) is 48.2 Å². The molecule has 1 heterocycles. The molecule has 0 aliphatic carbocycles. The summed E-state index contributed by atoms with van der Waals surface area (Å²) in [5.74, 6) is 0.713. The molecule has 0 radical (unpaired) electrons. The van der Waals surface area contributed by atoms with Crippen molar-refractivity contribution in [2.24, 2.45) is 0 Å². The van der Waals surface area contributed by atoms with Crippen molar-refractivity contribution in [2.45, 2.75) is 19.9 Å². The summed E-state index contributed by atoms with van der Waals surface area (Å²) in [7, 11) is 1.92. The van der Waals surface area contributed by atoms with Gasteiger partial charge >= 0.3 is 0 Å². The number of fused-ring (bicyclic) bond motifs is 1. The summed E-state index contributed by atoms with van der Waals surface area (Å²) in [6.07, 6.45) is 0.853. The van der Waals surface area contributed by atoms with Crippen LogP contribution in [0.1, 0.15) is 19.0 Å². The van der Waals surface area contributed by atoms with Crippen LogP contribution in [-0.2, 0) is 6.54 Å². The summed E-state index contributed by atoms with van der Waals surface area (Å²) in [5, 5.41) is 5.34. The molecule has 0 atom stereocenters. The van der Waals surface area contributed by atoms with Crippen LogP contribution in [0.5, 0.6) is 5.88 Å². The van der Waals surface area contributed by atoms with Crippen molar-refractivity contribution in [3.63, 3.8) is 0 Å². The number of benzene rings is 1. The fourth-order valence-corrected chi connectivity index (χ4v) is 1.92. The molecule has 3 heteroatoms. The van der Waals surface area contributed by atoms with E-state index in [9.17, 15) is 0 Å². The third kappa shape index (κ3) is 3.55. The van der Waals surface area contributed by atoms with Gasteiger partial charge in [0.15, 0.2) is 0 Å². The number of nitrogens with one attached hydrogen (secondary N) is 1. The summed E-state index contributed by atoms with van der Waals surface area (Å²) < 4.78 is 5.82. The molecule has 2 rings (SSSR count). The van der Waals surface area contributed by atoms with Crippen LogP contribution >= 0.6 is 0 Å². The van der Waals surface area contributed by atoms with Crippen LogP contribution in [0.15, 0.2) is 42.5 Å². The van der Waals surface area contributed by atoms with E-state index >= 15 is 0 Å². The van der Waals surface area contributed by atoms with Crippen LogP contribution in [0.2, 0.25) is 0 Å². The van der Waals surface area contributed by atoms with Crippen molar-refractivity contribution < 1.29 is 4.74 Å². The second-order valence-corrected chi connectivity index (χ2v) is 4.73. The van der Waals surface area contributed by atoms with Crippen molar-refractivity contribution in [1.82, 2.24) is 10.3 Å². The second kappa shape index (κ2) is 6.34. The molecule has 0 aliphatic rings. The molecule has 0 saturated heterocycles. The van der Waals surface area contributed by atoms with Gasteiger partial charge in [0.05, 0.1) is 12.3 Å². The predicted octanol–water partition coefficient (Wildman–Crippen LogP) is 3.30. The van der Waals surface area contributed by atoms with Crippen LogP contribution in [0, 0.1) is 0 Å². The summed E-state index contributed by atoms with van der Waals surface area (Å²) in [6, 6.07) is 10.3. The first-order chi connectivity index (χ1) is 9.20. The van der Waals surface area contributed by atoms with Crippen LogP contribution in [0.4, 0.5) is 0 Å². The fourth-order valence-electron chi connectivity index (χ4n) is 1.92. The van der Waals surface area contributed by atoms with Crippen LogP contribution in [-0.4, -0.2) is 18.6 Å². The standard InChI is InChI=1S/C16H20N2O/c1-12(2)8-9-19-16-15-7-5-4-6-13(15)10-14(18-16)11-17-3/h4-7,10,17H,1,8-9,11H2,2-3H3. The van der Waals surface area contributed by atoms with Crippen molar-refractivity contribution >= 4 is 10.8 Å². The van der Waals surface area contributed by atoms with E-state index in [2.05, 4.69) is 29.0 Å². The Hall–Kier alpha value is -1.87. The van der Waals surface area contributed by atoms with Crippen molar-refractivity contribution in [3.8, 4) is 5.88 Å². The number of aromatic nitrogens is 1. The van der Waals surface area contributed by atoms with Crippen molar-refractivity contribution in [1.29, 1.82) is 0 Å². The number of nitrogens with zero attached hydrogens (tertiary/aromatic N) is 1. The highest BCUT2D eigenvalue weighted by atomic mass is 16.5. The van der Waals surface area contributed by atoms with E-state index < -0.39 is 0 Å². The molecular weight excluding hydrogens is 236 g/mol. The van der Waals surface area contributed by atoms with Gasteiger partial charge in [-0.25, -0.2) is 4.98 Å². The van der Waals surface area contributed by atoms with E-state index in [1.165, 1.54) is 0 Å². The normalized spacial score (nSPS) is 10.6. The number of rotatable bonds is 6. The number of hydrogen-bond donors (Lipinski definition) is 1. The molecule has 3 nitrogen and oxygen atoms in total. The molecule has 1 N–H and O–H groups in total. The predicted molar refractivity (Wildman–Crippen MR) is 79.4 cm³/mol. The first-order valence-corrected chi connectivity index (χ1v) is 6.51. The molecule has 0 fully saturated rings. The Balaban J connectivity index is 2.30. The average Bonchev–Trinajstić information content (AvgIpc) is 2.38. The minimum atomic E-state index is 0.620. The number of pyridine rings is 1. The SMILES string of the molecule is C=C(C)CCOc1nc(CNC)cc2ccccc12. The lowest BCUT2D eigenvalue weighted by atomic mass is 10.1. The van der Waals surface area contributed by atoms with E-state index in [-0.39, 0.29) is 0 Å². The number of hydrogen-bond acceptors (Lipinski definition) is 3. The topological polar surface area (TPSA) is 34.1 Å². The summed E-state index contributed by atoms with van der Waals surface area (Å²) in [4.78, 5) is 4.57. The summed E-state index contributed by atoms with van der Waals surface area (Å²) >= 11 is 0. The maximum Gasteiger partial charge on any atom is 0.221 e. The van der Waals surface area contributed by atoms with Gasteiger partial charge in [-0.2, -0.15) is 0 Å². The fraction of sp³-hybridized carbons (Fsp3) is 0.312. The van der Waals surface area contributed by atoms with Crippen LogP contribution in [0.25, 0.3) is 10.8 Å². The Morgan fingerprint density at radius 1 is 1.37 bits per heavy atom. The highest BCUT2D eigenvalue weighted by Gasteiger charge is 2.06. The van der Waals surface area contributed by atoms with Crippen LogP contribution in [0.3, 0.4) is 0 Å². The molecule has 0 unspecified atom stereocenters. The first-order valence-electron chi connectivity index (χ1n) is 6.51. The van der Waals surface area contributed by atoms with Gasteiger partial charge in [0, 0.05) is 18.4 Å². The lowest BCUT2D eigenvalue weighted by molar-refractivity contribution is 0.312. The maximum absolute atomic E-state index is 5.82. The van der Waals surface area contributed by atoms with E-state index in [1.807, 2.05) is 32.2 Å². The zero-order valence-corrected chi connectivity index (χ0v) is 11.6. The first kappa shape index (κ1) is 13.6. The zero-order chi connectivity index (χ0) is 13.7. The third-order valence-corrected chi connectivity index (χ3v) is 2.88. The van der Waals surface area contributed by atoms with Gasteiger partial charge in [-0.3, -0.25) is 0 Å². The molecule has 0 saturated carbocycles. The van der Waals surface area contributed by atoms with Crippen LogP contribution < -0.4 is 10.1 Å². The van der Waals surface area contributed by atoms with E-state index in [1.54, 1.807) is 0 Å². The maximum atomic E-state index is 5.82. The molecule has 2 aromatic rings. The Bertz CT molecular complexity index is 578. The van der Waals surface area contributed by atoms with Gasteiger partial charge in [-0.15, -0.1) is 6.58 Å². The quantitative estimate of drug-likeness (QED) is 0.805. The molecule has 1 aromatic carbocycles. The monoisotopic (exact) mass is 256 g/mol. The molecular formula is C16H20N2O. The van der Waals surface area contributed by atoms with E-state index in [0.29, 0.717) is 12.5 Å². The molecule has 19 heavy (non-hydrogen) atoms. The summed E-state index contributed by atoms with van der Waals surface area (Å²) in [5.41, 5.74) is 2.11. The number of ether oxygens (including phenoxy) is 1. The lowest BCUT2D eigenvalue weighted by Crippen LogP contribution is -2.08. The summed E-state index contributed by atoms with van der Waals surface area (Å²) in [6.45, 7) is 7.25. The molecule has 0 amide bonds. The molecule has 1 aromatic heterocycles. The van der Waals surface area contributed by atoms with Gasteiger partial charge in [-0.1, -0.05) is 23.8 Å². The van der Waals surface area contributed by atoms with Gasteiger partial charge in [0.25, 0.3) is 0 Å². The van der Waals surface area contributed by atoms with Gasteiger partial charge in [-0.05, 0) is 31.5 Å². The van der Waals surface area contributed by atoms with Gasteiger partial charge < -0.3 is 10.1 Å². The minimum absolute atomic E-state index is 0.620. The Labute approximate surface area is 114 Å². The van der Waals surface area contributed by atoms with E-state index in [4.69, 9.17) is 4.74 Å². The second-order valence-electron chi connectivity index (χ2n) is 4.73. The largest absolute Gasteiger partial charge is 0.477 e. The highest BCUT2D eigenvalue weighted by Crippen LogP contribution is 2.24. The highest BCUT2D eigenvalue weighted by molar-refractivity contribution is 5.87. The van der Waals surface area contributed by atoms with Crippen molar-refractivity contribution in [2.75, 3.05) is 13.7 Å². The van der Waals surface area contributed by atoms with Gasteiger partial charge in [0.1, 0.15) is 0 Å². The van der Waals surface area contributed by atoms with Gasteiger partial charge in [0.2, 0.25) is 5.88 Å². The molecule has 0 aliphatic heterocycles. The molecule has 0 spiro atoms. The third-order valence-electron chi connectivity index (χ3n) is 2.88. The smallest absolute Gasteiger partial charge is 0.221 e. The van der Waals surface area contributed by atoms with E-state index in [0.717, 1.165) is 35.0 Å². The average molecular weight is 256 g/mol. The minimum Gasteiger partial charge on any atom is -0.477 e. The zero-order valence-electron chi connectivity index (χ0n) is 11.6. The molecule has 0 bridgehead atoms. The molecule has 100 valence electrons.